The lowest BCUT2D eigenvalue weighted by Gasteiger charge is -2.09. The highest BCUT2D eigenvalue weighted by Gasteiger charge is 2.01. The normalized spacial score (nSPS) is 10.6. The van der Waals surface area contributed by atoms with Crippen LogP contribution in [-0.2, 0) is 9.47 Å². The van der Waals surface area contributed by atoms with Gasteiger partial charge in [0.1, 0.15) is 5.82 Å². The number of hydrogen-bond acceptors (Lipinski definition) is 6. The molecule has 0 unspecified atom stereocenters. The monoisotopic (exact) mass is 282 g/mol. The molecular weight excluding hydrogens is 256 g/mol. The van der Waals surface area contributed by atoms with Crippen LogP contribution < -0.4 is 10.6 Å². The Bertz CT molecular complexity index is 374. The molecule has 0 aliphatic carbocycles. The molecule has 0 aliphatic rings. The Morgan fingerprint density at radius 3 is 2.70 bits per heavy atom. The van der Waals surface area contributed by atoms with Crippen LogP contribution in [0.15, 0.2) is 6.07 Å². The molecule has 6 nitrogen and oxygen atoms in total. The first-order valence-electron chi connectivity index (χ1n) is 7.16. The summed E-state index contributed by atoms with van der Waals surface area (Å²) >= 11 is 0. The van der Waals surface area contributed by atoms with Gasteiger partial charge in [0.25, 0.3) is 0 Å². The summed E-state index contributed by atoms with van der Waals surface area (Å²) in [5, 5.41) is 6.49. The molecule has 1 rings (SSSR count). The van der Waals surface area contributed by atoms with Crippen LogP contribution in [0.4, 0.5) is 11.8 Å². The quantitative estimate of drug-likeness (QED) is 0.606. The zero-order valence-electron chi connectivity index (χ0n) is 12.7. The largest absolute Gasteiger partial charge is 0.382 e. The summed E-state index contributed by atoms with van der Waals surface area (Å²) in [5.41, 5.74) is 0.956. The van der Waals surface area contributed by atoms with Gasteiger partial charge >= 0.3 is 0 Å². The van der Waals surface area contributed by atoms with Crippen LogP contribution in [0.5, 0.6) is 0 Å². The van der Waals surface area contributed by atoms with Crippen molar-refractivity contribution in [2.45, 2.75) is 26.7 Å². The van der Waals surface area contributed by atoms with Gasteiger partial charge in [0.15, 0.2) is 0 Å². The van der Waals surface area contributed by atoms with Gasteiger partial charge in [0, 0.05) is 38.6 Å². The average Bonchev–Trinajstić information content (AvgIpc) is 2.43. The molecule has 0 aromatic carbocycles. The zero-order valence-corrected chi connectivity index (χ0v) is 12.7. The number of aromatic nitrogens is 2. The van der Waals surface area contributed by atoms with Crippen molar-refractivity contribution in [1.82, 2.24) is 9.97 Å². The summed E-state index contributed by atoms with van der Waals surface area (Å²) in [6.07, 6.45) is 1.99. The summed E-state index contributed by atoms with van der Waals surface area (Å²) in [7, 11) is 1.67. The van der Waals surface area contributed by atoms with Crippen molar-refractivity contribution in [3.8, 4) is 0 Å². The highest BCUT2D eigenvalue weighted by Crippen LogP contribution is 2.09. The number of aryl methyl sites for hydroxylation is 1. The molecular formula is C14H26N4O2. The van der Waals surface area contributed by atoms with Crippen molar-refractivity contribution in [2.75, 3.05) is 50.7 Å². The van der Waals surface area contributed by atoms with Crippen LogP contribution in [-0.4, -0.2) is 50.0 Å². The average molecular weight is 282 g/mol. The number of nitrogens with zero attached hydrogens (tertiary/aromatic N) is 2. The molecule has 1 aromatic heterocycles. The van der Waals surface area contributed by atoms with E-state index in [2.05, 4.69) is 27.5 Å². The fourth-order valence-corrected chi connectivity index (χ4v) is 1.61. The Balaban J connectivity index is 2.26. The number of anilines is 2. The summed E-state index contributed by atoms with van der Waals surface area (Å²) in [6, 6.07) is 1.95. The van der Waals surface area contributed by atoms with Crippen molar-refractivity contribution in [3.63, 3.8) is 0 Å². The van der Waals surface area contributed by atoms with Crippen molar-refractivity contribution in [2.24, 2.45) is 0 Å². The third-order valence-electron chi connectivity index (χ3n) is 2.59. The van der Waals surface area contributed by atoms with E-state index in [1.54, 1.807) is 7.11 Å². The first-order chi connectivity index (χ1) is 9.76. The lowest BCUT2D eigenvalue weighted by molar-refractivity contribution is 0.0705. The summed E-state index contributed by atoms with van der Waals surface area (Å²) in [5.74, 6) is 1.54. The van der Waals surface area contributed by atoms with Gasteiger partial charge in [-0.2, -0.15) is 4.98 Å². The SMILES string of the molecule is CCCNc1nc(C)cc(NCCCOCCOC)n1. The van der Waals surface area contributed by atoms with Gasteiger partial charge in [-0.05, 0) is 19.8 Å². The van der Waals surface area contributed by atoms with Crippen molar-refractivity contribution >= 4 is 11.8 Å². The molecule has 0 saturated heterocycles. The van der Waals surface area contributed by atoms with Gasteiger partial charge in [0.05, 0.1) is 13.2 Å². The molecule has 0 amide bonds. The predicted molar refractivity (Wildman–Crippen MR) is 81.4 cm³/mol. The van der Waals surface area contributed by atoms with Gasteiger partial charge in [0.2, 0.25) is 5.95 Å². The number of methoxy groups -OCH3 is 1. The van der Waals surface area contributed by atoms with E-state index < -0.39 is 0 Å². The maximum absolute atomic E-state index is 5.40. The highest BCUT2D eigenvalue weighted by atomic mass is 16.5. The first-order valence-corrected chi connectivity index (χ1v) is 7.16. The lowest BCUT2D eigenvalue weighted by atomic mass is 10.4. The number of ether oxygens (including phenoxy) is 2. The van der Waals surface area contributed by atoms with E-state index in [0.29, 0.717) is 19.2 Å². The molecule has 114 valence electrons. The summed E-state index contributed by atoms with van der Waals surface area (Å²) in [4.78, 5) is 8.77. The van der Waals surface area contributed by atoms with Gasteiger partial charge < -0.3 is 20.1 Å². The molecule has 6 heteroatoms. The Kier molecular flexibility index (Phi) is 8.66. The van der Waals surface area contributed by atoms with Gasteiger partial charge in [-0.3, -0.25) is 0 Å². The Morgan fingerprint density at radius 1 is 1.10 bits per heavy atom. The summed E-state index contributed by atoms with van der Waals surface area (Å²) in [6.45, 7) is 7.82. The minimum Gasteiger partial charge on any atom is -0.382 e. The second-order valence-corrected chi connectivity index (χ2v) is 4.53. The lowest BCUT2D eigenvalue weighted by Crippen LogP contribution is -2.11. The van der Waals surface area contributed by atoms with Crippen LogP contribution in [0.3, 0.4) is 0 Å². The molecule has 0 fully saturated rings. The van der Waals surface area contributed by atoms with Gasteiger partial charge in [-0.25, -0.2) is 4.98 Å². The predicted octanol–water partition coefficient (Wildman–Crippen LogP) is 2.07. The maximum atomic E-state index is 5.40. The van der Waals surface area contributed by atoms with E-state index in [0.717, 1.165) is 44.0 Å². The maximum Gasteiger partial charge on any atom is 0.224 e. The van der Waals surface area contributed by atoms with Crippen LogP contribution in [0.1, 0.15) is 25.5 Å². The van der Waals surface area contributed by atoms with E-state index in [1.165, 1.54) is 0 Å². The Labute approximate surface area is 121 Å². The highest BCUT2D eigenvalue weighted by molar-refractivity contribution is 5.41. The van der Waals surface area contributed by atoms with Crippen LogP contribution in [0.25, 0.3) is 0 Å². The molecule has 2 N–H and O–H groups in total. The van der Waals surface area contributed by atoms with E-state index in [4.69, 9.17) is 9.47 Å². The van der Waals surface area contributed by atoms with Crippen molar-refractivity contribution in [3.05, 3.63) is 11.8 Å². The first kappa shape index (κ1) is 16.7. The minimum absolute atomic E-state index is 0.644. The molecule has 0 radical (unpaired) electrons. The second kappa shape index (κ2) is 10.4. The molecule has 1 heterocycles. The third-order valence-corrected chi connectivity index (χ3v) is 2.59. The minimum atomic E-state index is 0.644. The molecule has 1 aromatic rings. The van der Waals surface area contributed by atoms with Gasteiger partial charge in [-0.1, -0.05) is 6.92 Å². The molecule has 0 bridgehead atoms. The standard InChI is InChI=1S/C14H26N4O2/c1-4-6-16-14-17-12(2)11-13(18-14)15-7-5-8-20-10-9-19-3/h11H,4-10H2,1-3H3,(H2,15,16,17,18). The van der Waals surface area contributed by atoms with E-state index in [1.807, 2.05) is 13.0 Å². The third kappa shape index (κ3) is 7.25. The fourth-order valence-electron chi connectivity index (χ4n) is 1.61. The fraction of sp³-hybridized carbons (Fsp3) is 0.714. The molecule has 20 heavy (non-hydrogen) atoms. The van der Waals surface area contributed by atoms with E-state index in [-0.39, 0.29) is 0 Å². The van der Waals surface area contributed by atoms with Gasteiger partial charge in [-0.15, -0.1) is 0 Å². The van der Waals surface area contributed by atoms with Crippen LogP contribution in [0.2, 0.25) is 0 Å². The molecule has 0 spiro atoms. The number of nitrogens with one attached hydrogen (secondary N) is 2. The topological polar surface area (TPSA) is 68.3 Å². The van der Waals surface area contributed by atoms with E-state index in [9.17, 15) is 0 Å². The zero-order chi connectivity index (χ0) is 14.6. The molecule has 0 saturated carbocycles. The summed E-state index contributed by atoms with van der Waals surface area (Å²) < 4.78 is 10.3. The number of hydrogen-bond donors (Lipinski definition) is 2. The number of rotatable bonds is 11. The Hall–Kier alpha value is -1.40. The van der Waals surface area contributed by atoms with Crippen molar-refractivity contribution in [1.29, 1.82) is 0 Å². The van der Waals surface area contributed by atoms with E-state index >= 15 is 0 Å². The van der Waals surface area contributed by atoms with Crippen LogP contribution >= 0.6 is 0 Å². The second-order valence-electron chi connectivity index (χ2n) is 4.53. The van der Waals surface area contributed by atoms with Crippen molar-refractivity contribution < 1.29 is 9.47 Å². The molecule has 0 atom stereocenters. The Morgan fingerprint density at radius 2 is 1.95 bits per heavy atom. The van der Waals surface area contributed by atoms with Crippen LogP contribution in [0, 0.1) is 6.92 Å². The smallest absolute Gasteiger partial charge is 0.224 e. The molecule has 0 aliphatic heterocycles.